The maximum absolute atomic E-state index is 13.1. The normalized spacial score (nSPS) is 11.6. The Labute approximate surface area is 215 Å². The molecule has 3 rings (SSSR count). The van der Waals surface area contributed by atoms with Crippen LogP contribution in [-0.2, 0) is 19.6 Å². The van der Waals surface area contributed by atoms with E-state index in [1.54, 1.807) is 45.9 Å². The van der Waals surface area contributed by atoms with Crippen LogP contribution >= 0.6 is 0 Å². The van der Waals surface area contributed by atoms with E-state index in [4.69, 9.17) is 9.47 Å². The number of ether oxygens (including phenoxy) is 2. The minimum Gasteiger partial charge on any atom is -0.476 e. The van der Waals surface area contributed by atoms with Crippen molar-refractivity contribution in [3.8, 4) is 5.75 Å². The van der Waals surface area contributed by atoms with Crippen LogP contribution in [0.25, 0.3) is 0 Å². The molecule has 10 nitrogen and oxygen atoms in total. The summed E-state index contributed by atoms with van der Waals surface area (Å²) in [5.41, 5.74) is 0.141. The Bertz CT molecular complexity index is 1320. The van der Waals surface area contributed by atoms with E-state index in [0.29, 0.717) is 28.9 Å². The fourth-order valence-corrected chi connectivity index (χ4v) is 4.20. The van der Waals surface area contributed by atoms with Crippen molar-refractivity contribution in [2.75, 3.05) is 30.3 Å². The Morgan fingerprint density at radius 2 is 1.70 bits per heavy atom. The number of hydrogen-bond donors (Lipinski definition) is 3. The Morgan fingerprint density at radius 3 is 2.35 bits per heavy atom. The molecule has 12 heteroatoms. The van der Waals surface area contributed by atoms with E-state index >= 15 is 0 Å². The molecule has 3 aromatic rings. The molecule has 2 aromatic carbocycles. The summed E-state index contributed by atoms with van der Waals surface area (Å²) in [6.07, 6.45) is 0. The molecule has 0 unspecified atom stereocenters. The first-order valence-electron chi connectivity index (χ1n) is 11.6. The zero-order valence-corrected chi connectivity index (χ0v) is 21.9. The smallest absolute Gasteiger partial charge is 0.349 e. The second-order valence-corrected chi connectivity index (χ2v) is 10.2. The van der Waals surface area contributed by atoms with Gasteiger partial charge in [0.25, 0.3) is 0 Å². The lowest BCUT2D eigenvalue weighted by Gasteiger charge is -2.24. The number of aryl methyl sites for hydroxylation is 1. The van der Waals surface area contributed by atoms with Gasteiger partial charge >= 0.3 is 5.97 Å². The molecule has 0 saturated heterocycles. The minimum atomic E-state index is -3.78. The van der Waals surface area contributed by atoms with Crippen LogP contribution in [0.1, 0.15) is 26.5 Å². The van der Waals surface area contributed by atoms with Gasteiger partial charge in [0.05, 0.1) is 11.5 Å². The molecular weight excluding hydrogens is 501 g/mol. The fourth-order valence-electron chi connectivity index (χ4n) is 3.16. The number of benzene rings is 2. The topological polar surface area (TPSA) is 132 Å². The average Bonchev–Trinajstić information content (AvgIpc) is 2.83. The van der Waals surface area contributed by atoms with Crippen LogP contribution in [0.5, 0.6) is 5.75 Å². The standard InChI is InChI=1S/C25H30FN5O5S/c1-5-35-23(32)25(3,4)36-20-10-12-21(13-11-20)37(33,34)28-15-14-27-24-29-17(2)16-22(31-24)30-19-8-6-18(26)7-9-19/h6-13,16,28H,5,14-15H2,1-4H3,(H2,27,29,30,31). The molecule has 37 heavy (non-hydrogen) atoms. The maximum Gasteiger partial charge on any atom is 0.349 e. The molecule has 0 aliphatic carbocycles. The molecule has 198 valence electrons. The highest BCUT2D eigenvalue weighted by Crippen LogP contribution is 2.22. The quantitative estimate of drug-likeness (QED) is 0.236. The lowest BCUT2D eigenvalue weighted by molar-refractivity contribution is -0.158. The highest BCUT2D eigenvalue weighted by molar-refractivity contribution is 7.89. The third kappa shape index (κ3) is 8.12. The molecule has 0 atom stereocenters. The summed E-state index contributed by atoms with van der Waals surface area (Å²) < 4.78 is 51.6. The lowest BCUT2D eigenvalue weighted by Crippen LogP contribution is -2.39. The van der Waals surface area contributed by atoms with E-state index in [0.717, 1.165) is 0 Å². The summed E-state index contributed by atoms with van der Waals surface area (Å²) in [6, 6.07) is 13.3. The van der Waals surface area contributed by atoms with Gasteiger partial charge in [0.2, 0.25) is 16.0 Å². The Hall–Kier alpha value is -3.77. The number of carbonyl (C=O) groups excluding carboxylic acids is 1. The number of nitrogens with one attached hydrogen (secondary N) is 3. The summed E-state index contributed by atoms with van der Waals surface area (Å²) in [5.74, 6) is 0.304. The first-order valence-corrected chi connectivity index (χ1v) is 13.0. The van der Waals surface area contributed by atoms with Crippen molar-refractivity contribution in [3.63, 3.8) is 0 Å². The summed E-state index contributed by atoms with van der Waals surface area (Å²) in [7, 11) is -3.78. The van der Waals surface area contributed by atoms with E-state index < -0.39 is 21.6 Å². The van der Waals surface area contributed by atoms with Gasteiger partial charge in [-0.25, -0.2) is 27.3 Å². The van der Waals surface area contributed by atoms with Crippen molar-refractivity contribution in [1.29, 1.82) is 0 Å². The summed E-state index contributed by atoms with van der Waals surface area (Å²) in [6.45, 7) is 7.19. The number of carbonyl (C=O) groups is 1. The predicted molar refractivity (Wildman–Crippen MR) is 138 cm³/mol. The molecule has 0 spiro atoms. The second-order valence-electron chi connectivity index (χ2n) is 8.48. The van der Waals surface area contributed by atoms with Crippen molar-refractivity contribution >= 4 is 33.4 Å². The molecule has 1 heterocycles. The van der Waals surface area contributed by atoms with Gasteiger partial charge < -0.3 is 20.1 Å². The van der Waals surface area contributed by atoms with E-state index in [2.05, 4.69) is 25.3 Å². The summed E-state index contributed by atoms with van der Waals surface area (Å²) in [4.78, 5) is 20.7. The first kappa shape index (κ1) is 27.8. The monoisotopic (exact) mass is 531 g/mol. The van der Waals surface area contributed by atoms with E-state index in [1.807, 2.05) is 0 Å². The number of aromatic nitrogens is 2. The number of nitrogens with zero attached hydrogens (tertiary/aromatic N) is 2. The van der Waals surface area contributed by atoms with Gasteiger partial charge in [-0.1, -0.05) is 0 Å². The number of halogens is 1. The predicted octanol–water partition coefficient (Wildman–Crippen LogP) is 3.78. The van der Waals surface area contributed by atoms with Crippen molar-refractivity contribution in [3.05, 3.63) is 66.1 Å². The van der Waals surface area contributed by atoms with Gasteiger partial charge in [0.1, 0.15) is 17.4 Å². The largest absolute Gasteiger partial charge is 0.476 e. The minimum absolute atomic E-state index is 0.0476. The van der Waals surface area contributed by atoms with Crippen molar-refractivity contribution in [2.45, 2.75) is 38.2 Å². The van der Waals surface area contributed by atoms with Crippen molar-refractivity contribution in [2.24, 2.45) is 0 Å². The molecule has 3 N–H and O–H groups in total. The van der Waals surface area contributed by atoms with Crippen molar-refractivity contribution < 1.29 is 27.1 Å². The number of sulfonamides is 1. The Kier molecular flexibility index (Phi) is 9.00. The SMILES string of the molecule is CCOC(=O)C(C)(C)Oc1ccc(S(=O)(=O)NCCNc2nc(C)cc(Nc3ccc(F)cc3)n2)cc1. The Balaban J connectivity index is 1.54. The zero-order valence-electron chi connectivity index (χ0n) is 21.0. The van der Waals surface area contributed by atoms with Crippen LogP contribution in [-0.4, -0.2) is 49.7 Å². The Morgan fingerprint density at radius 1 is 1.03 bits per heavy atom. The molecule has 0 radical (unpaired) electrons. The molecule has 0 aliphatic heterocycles. The summed E-state index contributed by atoms with van der Waals surface area (Å²) in [5, 5.41) is 6.06. The molecule has 0 amide bonds. The maximum atomic E-state index is 13.1. The number of rotatable bonds is 12. The van der Waals surface area contributed by atoms with Gasteiger partial charge in [-0.15, -0.1) is 0 Å². The van der Waals surface area contributed by atoms with Crippen LogP contribution in [0.15, 0.2) is 59.5 Å². The lowest BCUT2D eigenvalue weighted by atomic mass is 10.1. The fraction of sp³-hybridized carbons (Fsp3) is 0.320. The first-order chi connectivity index (χ1) is 17.5. The number of esters is 1. The molecule has 1 aromatic heterocycles. The summed E-state index contributed by atoms with van der Waals surface area (Å²) >= 11 is 0. The molecule has 0 saturated carbocycles. The van der Waals surface area contributed by atoms with Gasteiger partial charge in [-0.2, -0.15) is 4.98 Å². The number of hydrogen-bond acceptors (Lipinski definition) is 9. The van der Waals surface area contributed by atoms with Crippen LogP contribution < -0.4 is 20.1 Å². The van der Waals surface area contributed by atoms with E-state index in [1.165, 1.54) is 36.4 Å². The highest BCUT2D eigenvalue weighted by Gasteiger charge is 2.31. The van der Waals surface area contributed by atoms with Gasteiger partial charge in [0, 0.05) is 30.5 Å². The molecular formula is C25H30FN5O5S. The van der Waals surface area contributed by atoms with Gasteiger partial charge in [0.15, 0.2) is 5.60 Å². The molecule has 0 bridgehead atoms. The van der Waals surface area contributed by atoms with Crippen LogP contribution in [0, 0.1) is 12.7 Å². The highest BCUT2D eigenvalue weighted by atomic mass is 32.2. The van der Waals surface area contributed by atoms with Crippen LogP contribution in [0.4, 0.5) is 21.8 Å². The van der Waals surface area contributed by atoms with Crippen molar-refractivity contribution in [1.82, 2.24) is 14.7 Å². The van der Waals surface area contributed by atoms with Crippen LogP contribution in [0.2, 0.25) is 0 Å². The third-order valence-electron chi connectivity index (χ3n) is 4.95. The van der Waals surface area contributed by atoms with E-state index in [-0.39, 0.29) is 30.4 Å². The van der Waals surface area contributed by atoms with Crippen LogP contribution in [0.3, 0.4) is 0 Å². The van der Waals surface area contributed by atoms with Gasteiger partial charge in [-0.3, -0.25) is 0 Å². The van der Waals surface area contributed by atoms with E-state index in [9.17, 15) is 17.6 Å². The third-order valence-corrected chi connectivity index (χ3v) is 6.42. The number of anilines is 3. The second kappa shape index (κ2) is 12.0. The average molecular weight is 532 g/mol. The van der Waals surface area contributed by atoms with Gasteiger partial charge in [-0.05, 0) is 76.2 Å². The zero-order chi connectivity index (χ0) is 27.1. The molecule has 0 fully saturated rings. The molecule has 0 aliphatic rings.